The largest absolute Gasteiger partial charge is 0.403 e. The van der Waals surface area contributed by atoms with Crippen molar-refractivity contribution in [2.24, 2.45) is 0 Å². The number of aromatic nitrogens is 3. The molecule has 3 aromatic rings. The van der Waals surface area contributed by atoms with Crippen LogP contribution >= 0.6 is 0 Å². The fourth-order valence-electron chi connectivity index (χ4n) is 1.71. The van der Waals surface area contributed by atoms with Crippen LogP contribution in [-0.2, 0) is 0 Å². The van der Waals surface area contributed by atoms with Crippen LogP contribution in [0.2, 0.25) is 0 Å². The van der Waals surface area contributed by atoms with Crippen LogP contribution < -0.4 is 5.32 Å². The number of aryl methyl sites for hydroxylation is 1. The molecule has 2 heterocycles. The van der Waals surface area contributed by atoms with Crippen molar-refractivity contribution in [3.8, 4) is 11.5 Å². The van der Waals surface area contributed by atoms with E-state index in [0.29, 0.717) is 11.9 Å². The molecule has 2 aromatic heterocycles. The Balaban J connectivity index is 1.85. The van der Waals surface area contributed by atoms with Crippen molar-refractivity contribution in [2.75, 3.05) is 5.32 Å². The second-order valence-corrected chi connectivity index (χ2v) is 4.09. The van der Waals surface area contributed by atoms with Crippen LogP contribution in [0.1, 0.15) is 5.56 Å². The third-order valence-corrected chi connectivity index (χ3v) is 2.74. The predicted molar refractivity (Wildman–Crippen MR) is 72.0 cm³/mol. The molecular weight excluding hydrogens is 240 g/mol. The van der Waals surface area contributed by atoms with Crippen molar-refractivity contribution < 1.29 is 4.42 Å². The summed E-state index contributed by atoms with van der Waals surface area (Å²) in [5.74, 6) is 0.471. The number of anilines is 2. The van der Waals surface area contributed by atoms with Crippen molar-refractivity contribution in [2.45, 2.75) is 6.92 Å². The quantitative estimate of drug-likeness (QED) is 0.775. The lowest BCUT2D eigenvalue weighted by Crippen LogP contribution is -1.92. The Bertz CT molecular complexity index is 679. The van der Waals surface area contributed by atoms with E-state index in [4.69, 9.17) is 4.42 Å². The van der Waals surface area contributed by atoms with Crippen LogP contribution in [0.15, 0.2) is 53.2 Å². The molecule has 0 aliphatic heterocycles. The zero-order valence-electron chi connectivity index (χ0n) is 10.4. The van der Waals surface area contributed by atoms with Gasteiger partial charge in [0, 0.05) is 23.6 Å². The first-order valence-electron chi connectivity index (χ1n) is 5.89. The van der Waals surface area contributed by atoms with Crippen LogP contribution in [0.3, 0.4) is 0 Å². The summed E-state index contributed by atoms with van der Waals surface area (Å²) in [6, 6.07) is 11.9. The molecule has 5 nitrogen and oxygen atoms in total. The van der Waals surface area contributed by atoms with Gasteiger partial charge in [-0.2, -0.15) is 0 Å². The van der Waals surface area contributed by atoms with Crippen LogP contribution in [-0.4, -0.2) is 15.2 Å². The normalized spacial score (nSPS) is 10.4. The second kappa shape index (κ2) is 4.89. The fourth-order valence-corrected chi connectivity index (χ4v) is 1.71. The standard InChI is InChI=1S/C14H12N4O/c1-10-4-2-3-5-12(10)16-14-18-17-13(19-14)11-6-8-15-9-7-11/h2-9H,1H3,(H,16,18). The van der Waals surface area contributed by atoms with Gasteiger partial charge in [0.25, 0.3) is 0 Å². The molecule has 94 valence electrons. The minimum atomic E-state index is 0.376. The van der Waals surface area contributed by atoms with E-state index in [2.05, 4.69) is 20.5 Å². The lowest BCUT2D eigenvalue weighted by atomic mass is 10.2. The second-order valence-electron chi connectivity index (χ2n) is 4.09. The number of para-hydroxylation sites is 1. The molecule has 0 aliphatic rings. The topological polar surface area (TPSA) is 63.8 Å². The van der Waals surface area contributed by atoms with Gasteiger partial charge in [0.2, 0.25) is 5.89 Å². The minimum absolute atomic E-state index is 0.376. The summed E-state index contributed by atoms with van der Waals surface area (Å²) in [6.07, 6.45) is 3.38. The molecule has 0 atom stereocenters. The summed E-state index contributed by atoms with van der Waals surface area (Å²) in [7, 11) is 0. The maximum absolute atomic E-state index is 5.57. The van der Waals surface area contributed by atoms with Gasteiger partial charge in [-0.1, -0.05) is 23.3 Å². The van der Waals surface area contributed by atoms with Crippen molar-refractivity contribution in [1.82, 2.24) is 15.2 Å². The van der Waals surface area contributed by atoms with Crippen molar-refractivity contribution >= 4 is 11.7 Å². The van der Waals surface area contributed by atoms with Gasteiger partial charge in [-0.05, 0) is 30.7 Å². The lowest BCUT2D eigenvalue weighted by molar-refractivity contribution is 0.587. The van der Waals surface area contributed by atoms with Crippen LogP contribution in [0, 0.1) is 6.92 Å². The van der Waals surface area contributed by atoms with Crippen LogP contribution in [0.4, 0.5) is 11.7 Å². The fraction of sp³-hybridized carbons (Fsp3) is 0.0714. The predicted octanol–water partition coefficient (Wildman–Crippen LogP) is 3.18. The molecule has 0 bridgehead atoms. The Morgan fingerprint density at radius 3 is 2.58 bits per heavy atom. The molecule has 0 aliphatic carbocycles. The number of hydrogen-bond donors (Lipinski definition) is 1. The summed E-state index contributed by atoms with van der Waals surface area (Å²) in [6.45, 7) is 2.02. The molecular formula is C14H12N4O. The summed E-state index contributed by atoms with van der Waals surface area (Å²) in [4.78, 5) is 3.95. The highest BCUT2D eigenvalue weighted by molar-refractivity contribution is 5.58. The van der Waals surface area contributed by atoms with Gasteiger partial charge in [0.1, 0.15) is 0 Å². The highest BCUT2D eigenvalue weighted by Crippen LogP contribution is 2.22. The number of hydrogen-bond acceptors (Lipinski definition) is 5. The van der Waals surface area contributed by atoms with Gasteiger partial charge in [-0.15, -0.1) is 5.10 Å². The summed E-state index contributed by atoms with van der Waals surface area (Å²) >= 11 is 0. The van der Waals surface area contributed by atoms with E-state index < -0.39 is 0 Å². The summed E-state index contributed by atoms with van der Waals surface area (Å²) in [5, 5.41) is 11.1. The van der Waals surface area contributed by atoms with E-state index in [1.807, 2.05) is 43.3 Å². The molecule has 0 unspecified atom stereocenters. The van der Waals surface area contributed by atoms with Crippen molar-refractivity contribution in [1.29, 1.82) is 0 Å². The van der Waals surface area contributed by atoms with Crippen LogP contribution in [0.5, 0.6) is 0 Å². The maximum Gasteiger partial charge on any atom is 0.320 e. The number of nitrogens with one attached hydrogen (secondary N) is 1. The molecule has 0 fully saturated rings. The number of nitrogens with zero attached hydrogens (tertiary/aromatic N) is 3. The Hall–Kier alpha value is -2.69. The molecule has 0 radical (unpaired) electrons. The Labute approximate surface area is 110 Å². The highest BCUT2D eigenvalue weighted by atomic mass is 16.4. The first-order valence-corrected chi connectivity index (χ1v) is 5.89. The average molecular weight is 252 g/mol. The first-order chi connectivity index (χ1) is 9.33. The van der Waals surface area contributed by atoms with Gasteiger partial charge in [0.05, 0.1) is 0 Å². The Morgan fingerprint density at radius 1 is 1.00 bits per heavy atom. The molecule has 0 spiro atoms. The Morgan fingerprint density at radius 2 is 1.79 bits per heavy atom. The molecule has 0 saturated carbocycles. The lowest BCUT2D eigenvalue weighted by Gasteiger charge is -2.03. The van der Waals surface area contributed by atoms with Crippen LogP contribution in [0.25, 0.3) is 11.5 Å². The molecule has 19 heavy (non-hydrogen) atoms. The highest BCUT2D eigenvalue weighted by Gasteiger charge is 2.08. The third kappa shape index (κ3) is 2.44. The van der Waals surface area contributed by atoms with E-state index in [9.17, 15) is 0 Å². The minimum Gasteiger partial charge on any atom is -0.403 e. The molecule has 1 aromatic carbocycles. The van der Waals surface area contributed by atoms with E-state index >= 15 is 0 Å². The molecule has 0 amide bonds. The zero-order chi connectivity index (χ0) is 13.1. The van der Waals surface area contributed by atoms with E-state index in [1.165, 1.54) is 0 Å². The van der Waals surface area contributed by atoms with Gasteiger partial charge < -0.3 is 9.73 Å². The molecule has 3 rings (SSSR count). The van der Waals surface area contributed by atoms with Gasteiger partial charge in [-0.3, -0.25) is 4.98 Å². The maximum atomic E-state index is 5.57. The van der Waals surface area contributed by atoms with Gasteiger partial charge >= 0.3 is 6.01 Å². The molecule has 1 N–H and O–H groups in total. The SMILES string of the molecule is Cc1ccccc1Nc1nnc(-c2ccncc2)o1. The van der Waals surface area contributed by atoms with Crippen molar-refractivity contribution in [3.63, 3.8) is 0 Å². The Kier molecular flexibility index (Phi) is 2.94. The van der Waals surface area contributed by atoms with Gasteiger partial charge in [0.15, 0.2) is 0 Å². The number of benzene rings is 1. The molecule has 0 saturated heterocycles. The summed E-state index contributed by atoms with van der Waals surface area (Å²) < 4.78 is 5.57. The average Bonchev–Trinajstić information content (AvgIpc) is 2.91. The monoisotopic (exact) mass is 252 g/mol. The van der Waals surface area contributed by atoms with Gasteiger partial charge in [-0.25, -0.2) is 0 Å². The number of pyridine rings is 1. The molecule has 5 heteroatoms. The smallest absolute Gasteiger partial charge is 0.320 e. The van der Waals surface area contributed by atoms with E-state index in [-0.39, 0.29) is 0 Å². The first kappa shape index (κ1) is 11.4. The third-order valence-electron chi connectivity index (χ3n) is 2.74. The van der Waals surface area contributed by atoms with E-state index in [1.54, 1.807) is 12.4 Å². The van der Waals surface area contributed by atoms with Crippen molar-refractivity contribution in [3.05, 3.63) is 54.4 Å². The van der Waals surface area contributed by atoms with E-state index in [0.717, 1.165) is 16.8 Å². The number of rotatable bonds is 3. The summed E-state index contributed by atoms with van der Waals surface area (Å²) in [5.41, 5.74) is 2.92. The zero-order valence-corrected chi connectivity index (χ0v) is 10.4.